The lowest BCUT2D eigenvalue weighted by molar-refractivity contribution is 0.0693. The molecule has 0 aliphatic rings. The Labute approximate surface area is 164 Å². The van der Waals surface area contributed by atoms with Crippen LogP contribution in [0.2, 0.25) is 0 Å². The third-order valence-corrected chi connectivity index (χ3v) is 4.22. The summed E-state index contributed by atoms with van der Waals surface area (Å²) in [5.41, 5.74) is 2.79. The number of hydrogen-bond acceptors (Lipinski definition) is 6. The highest BCUT2D eigenvalue weighted by molar-refractivity contribution is 6.02. The zero-order chi connectivity index (χ0) is 20.9. The van der Waals surface area contributed by atoms with Crippen molar-refractivity contribution in [1.29, 1.82) is 0 Å². The molecule has 0 spiro atoms. The first-order valence-corrected chi connectivity index (χ1v) is 8.96. The number of ether oxygens (including phenoxy) is 1. The molecule has 0 saturated carbocycles. The van der Waals surface area contributed by atoms with Gasteiger partial charge in [0, 0.05) is 23.9 Å². The Kier molecular flexibility index (Phi) is 6.51. The number of carboxylic acid groups (broad SMARTS) is 1. The Morgan fingerprint density at radius 2 is 1.89 bits per heavy atom. The largest absolute Gasteiger partial charge is 0.507 e. The number of anilines is 1. The molecule has 2 rings (SSSR count). The molecule has 0 aliphatic heterocycles. The Morgan fingerprint density at radius 3 is 2.43 bits per heavy atom. The van der Waals surface area contributed by atoms with Crippen molar-refractivity contribution in [1.82, 2.24) is 0 Å². The first-order valence-electron chi connectivity index (χ1n) is 8.96. The van der Waals surface area contributed by atoms with Gasteiger partial charge >= 0.3 is 5.97 Å². The van der Waals surface area contributed by atoms with Crippen molar-refractivity contribution in [3.8, 4) is 11.5 Å². The van der Waals surface area contributed by atoms with Crippen LogP contribution in [0.15, 0.2) is 41.6 Å². The Hall–Kier alpha value is -3.22. The van der Waals surface area contributed by atoms with E-state index in [1.807, 2.05) is 25.1 Å². The summed E-state index contributed by atoms with van der Waals surface area (Å²) in [6.07, 6.45) is 0. The van der Waals surface area contributed by atoms with E-state index in [0.717, 1.165) is 17.8 Å². The number of rotatable bonds is 7. The Morgan fingerprint density at radius 1 is 1.18 bits per heavy atom. The van der Waals surface area contributed by atoms with Gasteiger partial charge in [0.05, 0.1) is 0 Å². The normalized spacial score (nSPS) is 11.9. The lowest BCUT2D eigenvalue weighted by atomic mass is 9.84. The van der Waals surface area contributed by atoms with Gasteiger partial charge in [0.1, 0.15) is 29.4 Å². The Balaban J connectivity index is 2.24. The predicted molar refractivity (Wildman–Crippen MR) is 108 cm³/mol. The molecule has 28 heavy (non-hydrogen) atoms. The topological polar surface area (TPSA) is 111 Å². The van der Waals surface area contributed by atoms with Crippen LogP contribution in [-0.4, -0.2) is 40.3 Å². The number of oxime groups is 1. The van der Waals surface area contributed by atoms with Gasteiger partial charge in [-0.1, -0.05) is 32.0 Å². The number of benzene rings is 2. The molecule has 0 bridgehead atoms. The van der Waals surface area contributed by atoms with Crippen molar-refractivity contribution in [2.75, 3.05) is 18.5 Å². The average molecular weight is 386 g/mol. The molecule has 0 aliphatic carbocycles. The number of phenols is 1. The second kappa shape index (κ2) is 8.65. The summed E-state index contributed by atoms with van der Waals surface area (Å²) >= 11 is 0. The summed E-state index contributed by atoms with van der Waals surface area (Å²) in [4.78, 5) is 11.0. The molecule has 7 heteroatoms. The van der Waals surface area contributed by atoms with Gasteiger partial charge < -0.3 is 25.5 Å². The van der Waals surface area contributed by atoms with Crippen LogP contribution in [0.5, 0.6) is 11.5 Å². The maximum atomic E-state index is 11.0. The minimum Gasteiger partial charge on any atom is -0.507 e. The number of nitrogens with one attached hydrogen (secondary N) is 1. The molecular weight excluding hydrogens is 360 g/mol. The fourth-order valence-corrected chi connectivity index (χ4v) is 2.79. The second-order valence-corrected chi connectivity index (χ2v) is 7.36. The highest BCUT2D eigenvalue weighted by Crippen LogP contribution is 2.31. The molecule has 0 radical (unpaired) electrons. The van der Waals surface area contributed by atoms with Gasteiger partial charge in [-0.25, -0.2) is 4.79 Å². The second-order valence-electron chi connectivity index (χ2n) is 7.36. The van der Waals surface area contributed by atoms with E-state index in [9.17, 15) is 15.1 Å². The van der Waals surface area contributed by atoms with Crippen molar-refractivity contribution in [2.24, 2.45) is 5.16 Å². The summed E-state index contributed by atoms with van der Waals surface area (Å²) in [6, 6.07) is 9.65. The molecule has 0 saturated heterocycles. The van der Waals surface area contributed by atoms with E-state index in [0.29, 0.717) is 11.3 Å². The molecule has 0 unspecified atom stereocenters. The summed E-state index contributed by atoms with van der Waals surface area (Å²) in [6.45, 7) is 9.08. The quantitative estimate of drug-likeness (QED) is 0.324. The molecule has 150 valence electrons. The summed E-state index contributed by atoms with van der Waals surface area (Å²) in [7, 11) is 0. The van der Waals surface area contributed by atoms with E-state index in [4.69, 9.17) is 9.84 Å². The van der Waals surface area contributed by atoms with Crippen molar-refractivity contribution < 1.29 is 25.0 Å². The zero-order valence-electron chi connectivity index (χ0n) is 16.5. The Bertz CT molecular complexity index is 885. The molecular formula is C21H26N2O5. The maximum absolute atomic E-state index is 11.0. The van der Waals surface area contributed by atoms with Crippen LogP contribution in [0, 0.1) is 0 Å². The van der Waals surface area contributed by atoms with Crippen LogP contribution in [0.1, 0.15) is 49.2 Å². The third kappa shape index (κ3) is 4.94. The molecule has 2 aromatic rings. The van der Waals surface area contributed by atoms with E-state index in [-0.39, 0.29) is 23.3 Å². The predicted octanol–water partition coefficient (Wildman–Crippen LogP) is 4.08. The highest BCUT2D eigenvalue weighted by atomic mass is 16.5. The van der Waals surface area contributed by atoms with Crippen LogP contribution >= 0.6 is 0 Å². The number of carbonyl (C=O) groups is 1. The van der Waals surface area contributed by atoms with Crippen molar-refractivity contribution >= 4 is 17.4 Å². The number of nitrogens with zero attached hydrogens (tertiary/aromatic N) is 1. The fourth-order valence-electron chi connectivity index (χ4n) is 2.79. The average Bonchev–Trinajstić information content (AvgIpc) is 2.62. The number of aromatic carboxylic acids is 1. The van der Waals surface area contributed by atoms with Crippen LogP contribution in [0.4, 0.5) is 5.69 Å². The molecule has 0 aromatic heterocycles. The third-order valence-electron chi connectivity index (χ3n) is 4.22. The van der Waals surface area contributed by atoms with Crippen LogP contribution in [0.25, 0.3) is 0 Å². The van der Waals surface area contributed by atoms with Gasteiger partial charge in [-0.2, -0.15) is 0 Å². The fraction of sp³-hybridized carbons (Fsp3) is 0.333. The number of carboxylic acids is 1. The molecule has 4 N–H and O–H groups in total. The molecule has 0 fully saturated rings. The van der Waals surface area contributed by atoms with Gasteiger partial charge in [-0.15, -0.1) is 0 Å². The van der Waals surface area contributed by atoms with Gasteiger partial charge in [0.2, 0.25) is 0 Å². The van der Waals surface area contributed by atoms with Crippen LogP contribution < -0.4 is 10.1 Å². The smallest absolute Gasteiger partial charge is 0.339 e. The van der Waals surface area contributed by atoms with E-state index < -0.39 is 11.7 Å². The zero-order valence-corrected chi connectivity index (χ0v) is 16.5. The van der Waals surface area contributed by atoms with E-state index in [2.05, 4.69) is 31.2 Å². The molecule has 7 nitrogen and oxygen atoms in total. The summed E-state index contributed by atoms with van der Waals surface area (Å²) in [5.74, 6) is -1.35. The molecule has 0 heterocycles. The van der Waals surface area contributed by atoms with E-state index in [1.54, 1.807) is 0 Å². The number of hydrogen-bond donors (Lipinski definition) is 4. The van der Waals surface area contributed by atoms with Gasteiger partial charge in [-0.3, -0.25) is 0 Å². The monoisotopic (exact) mass is 386 g/mol. The van der Waals surface area contributed by atoms with Gasteiger partial charge in [-0.05, 0) is 42.2 Å². The highest BCUT2D eigenvalue weighted by Gasteiger charge is 2.20. The van der Waals surface area contributed by atoms with Crippen molar-refractivity contribution in [3.63, 3.8) is 0 Å². The van der Waals surface area contributed by atoms with Crippen molar-refractivity contribution in [3.05, 3.63) is 53.1 Å². The van der Waals surface area contributed by atoms with Gasteiger partial charge in [0.25, 0.3) is 0 Å². The first-order chi connectivity index (χ1) is 13.2. The van der Waals surface area contributed by atoms with E-state index >= 15 is 0 Å². The van der Waals surface area contributed by atoms with E-state index in [1.165, 1.54) is 18.2 Å². The minimum absolute atomic E-state index is 0.0491. The van der Waals surface area contributed by atoms with Gasteiger partial charge in [0.15, 0.2) is 0 Å². The van der Waals surface area contributed by atoms with Crippen LogP contribution in [0.3, 0.4) is 0 Å². The first kappa shape index (κ1) is 21.1. The summed E-state index contributed by atoms with van der Waals surface area (Å²) < 4.78 is 5.57. The SMILES string of the molecule is CCNc1ccc(/C(COc2ccc(C(=O)O)c(O)c2)=N/O)cc1C(C)(C)C. The van der Waals surface area contributed by atoms with Crippen molar-refractivity contribution in [2.45, 2.75) is 33.1 Å². The minimum atomic E-state index is -1.22. The van der Waals surface area contributed by atoms with Crippen LogP contribution in [-0.2, 0) is 5.41 Å². The number of aromatic hydroxyl groups is 1. The maximum Gasteiger partial charge on any atom is 0.339 e. The summed E-state index contributed by atoms with van der Waals surface area (Å²) in [5, 5.41) is 34.9. The molecule has 2 aromatic carbocycles. The lowest BCUT2D eigenvalue weighted by Gasteiger charge is -2.24. The molecule has 0 amide bonds. The lowest BCUT2D eigenvalue weighted by Crippen LogP contribution is -2.18. The standard InChI is InChI=1S/C21H26N2O5/c1-5-22-17-9-6-13(10-16(17)21(2,3)4)18(23-27)12-28-14-7-8-15(20(25)26)19(24)11-14/h6-11,22,24,27H,5,12H2,1-4H3,(H,25,26)/b23-18+. The molecule has 0 atom stereocenters.